The van der Waals surface area contributed by atoms with E-state index in [9.17, 15) is 4.79 Å². The molecule has 98 valence electrons. The van der Waals surface area contributed by atoms with Crippen molar-refractivity contribution in [2.45, 2.75) is 18.9 Å². The van der Waals surface area contributed by atoms with Gasteiger partial charge in [0, 0.05) is 29.7 Å². The lowest BCUT2D eigenvalue weighted by Gasteiger charge is -2.21. The first kappa shape index (κ1) is 13.8. The van der Waals surface area contributed by atoms with E-state index in [1.165, 1.54) is 6.42 Å². The van der Waals surface area contributed by atoms with Gasteiger partial charge in [0.1, 0.15) is 0 Å². The topological polar surface area (TPSA) is 32.3 Å². The Hall–Kier alpha value is -0.580. The first-order valence-electron chi connectivity index (χ1n) is 6.02. The van der Waals surface area contributed by atoms with Crippen LogP contribution in [0.2, 0.25) is 5.02 Å². The van der Waals surface area contributed by atoms with Crippen LogP contribution in [0.25, 0.3) is 0 Å². The molecule has 0 radical (unpaired) electrons. The molecule has 1 aromatic carbocycles. The molecule has 1 saturated heterocycles. The van der Waals surface area contributed by atoms with Crippen LogP contribution in [0.5, 0.6) is 0 Å². The van der Waals surface area contributed by atoms with E-state index < -0.39 is 0 Å². The first-order chi connectivity index (χ1) is 8.58. The Morgan fingerprint density at radius 1 is 1.61 bits per heavy atom. The molecule has 3 nitrogen and oxygen atoms in total. The summed E-state index contributed by atoms with van der Waals surface area (Å²) in [6, 6.07) is 5.69. The third-order valence-electron chi connectivity index (χ3n) is 3.17. The van der Waals surface area contributed by atoms with Gasteiger partial charge >= 0.3 is 0 Å². The van der Waals surface area contributed by atoms with E-state index in [2.05, 4.69) is 21.2 Å². The minimum atomic E-state index is 0.0288. The monoisotopic (exact) mass is 330 g/mol. The number of hydrogen-bond donors (Lipinski definition) is 1. The predicted molar refractivity (Wildman–Crippen MR) is 77.1 cm³/mol. The average molecular weight is 332 g/mol. The van der Waals surface area contributed by atoms with E-state index in [0.717, 1.165) is 24.0 Å². The summed E-state index contributed by atoms with van der Waals surface area (Å²) in [6.45, 7) is 1.80. The van der Waals surface area contributed by atoms with E-state index in [1.54, 1.807) is 23.1 Å². The second-order valence-corrected chi connectivity index (χ2v) is 5.87. The Balaban J connectivity index is 2.02. The highest BCUT2D eigenvalue weighted by Crippen LogP contribution is 2.23. The highest BCUT2D eigenvalue weighted by Gasteiger charge is 2.19. The van der Waals surface area contributed by atoms with Crippen molar-refractivity contribution in [1.82, 2.24) is 10.2 Å². The Morgan fingerprint density at radius 3 is 3.00 bits per heavy atom. The number of amides is 1. The number of hydrogen-bond acceptors (Lipinski definition) is 2. The molecule has 2 rings (SSSR count). The fourth-order valence-electron chi connectivity index (χ4n) is 2.18. The van der Waals surface area contributed by atoms with Gasteiger partial charge < -0.3 is 10.2 Å². The average Bonchev–Trinajstić information content (AvgIpc) is 2.84. The molecule has 1 aliphatic heterocycles. The number of nitrogens with one attached hydrogen (secondary N) is 1. The number of benzene rings is 1. The SMILES string of the molecule is CN(CC1CCCN1)C(=O)c1ccc(Cl)c(Br)c1. The van der Waals surface area contributed by atoms with E-state index >= 15 is 0 Å². The van der Waals surface area contributed by atoms with Crippen LogP contribution in [0.1, 0.15) is 23.2 Å². The molecule has 1 N–H and O–H groups in total. The Bertz CT molecular complexity index is 447. The van der Waals surface area contributed by atoms with Gasteiger partial charge in [-0.15, -0.1) is 0 Å². The fraction of sp³-hybridized carbons (Fsp3) is 0.462. The molecule has 1 aliphatic rings. The maximum Gasteiger partial charge on any atom is 0.253 e. The molecule has 1 unspecified atom stereocenters. The second kappa shape index (κ2) is 6.04. The summed E-state index contributed by atoms with van der Waals surface area (Å²) in [4.78, 5) is 14.0. The molecule has 1 amide bonds. The summed E-state index contributed by atoms with van der Waals surface area (Å²) < 4.78 is 0.752. The van der Waals surface area contributed by atoms with Crippen molar-refractivity contribution in [1.29, 1.82) is 0 Å². The summed E-state index contributed by atoms with van der Waals surface area (Å²) in [6.07, 6.45) is 2.33. The molecule has 1 fully saturated rings. The third kappa shape index (κ3) is 3.25. The smallest absolute Gasteiger partial charge is 0.253 e. The molecule has 1 aromatic rings. The maximum absolute atomic E-state index is 12.2. The number of likely N-dealkylation sites (N-methyl/N-ethyl adjacent to an activating group) is 1. The quantitative estimate of drug-likeness (QED) is 0.923. The summed E-state index contributed by atoms with van der Waals surface area (Å²) in [5, 5.41) is 4.01. The first-order valence-corrected chi connectivity index (χ1v) is 7.19. The zero-order valence-electron chi connectivity index (χ0n) is 10.2. The van der Waals surface area contributed by atoms with Gasteiger partial charge in [0.15, 0.2) is 0 Å². The molecular formula is C13H16BrClN2O. The molecule has 0 saturated carbocycles. The van der Waals surface area contributed by atoms with Crippen LogP contribution in [0.4, 0.5) is 0 Å². The summed E-state index contributed by atoms with van der Waals surface area (Å²) in [7, 11) is 1.84. The van der Waals surface area contributed by atoms with Crippen molar-refractivity contribution in [3.8, 4) is 0 Å². The second-order valence-electron chi connectivity index (χ2n) is 4.61. The van der Waals surface area contributed by atoms with Crippen LogP contribution in [-0.4, -0.2) is 37.0 Å². The van der Waals surface area contributed by atoms with Gasteiger partial charge in [-0.3, -0.25) is 4.79 Å². The lowest BCUT2D eigenvalue weighted by molar-refractivity contribution is 0.0784. The van der Waals surface area contributed by atoms with E-state index in [0.29, 0.717) is 16.6 Å². The molecule has 5 heteroatoms. The van der Waals surface area contributed by atoms with Crippen LogP contribution >= 0.6 is 27.5 Å². The molecule has 0 spiro atoms. The molecule has 0 aromatic heterocycles. The lowest BCUT2D eigenvalue weighted by atomic mass is 10.1. The highest BCUT2D eigenvalue weighted by molar-refractivity contribution is 9.10. The van der Waals surface area contributed by atoms with Crippen molar-refractivity contribution in [3.05, 3.63) is 33.3 Å². The number of nitrogens with zero attached hydrogens (tertiary/aromatic N) is 1. The normalized spacial score (nSPS) is 18.9. The van der Waals surface area contributed by atoms with Crippen molar-refractivity contribution < 1.29 is 4.79 Å². The van der Waals surface area contributed by atoms with Gasteiger partial charge in [-0.25, -0.2) is 0 Å². The maximum atomic E-state index is 12.2. The lowest BCUT2D eigenvalue weighted by Crippen LogP contribution is -2.38. The fourth-order valence-corrected chi connectivity index (χ4v) is 2.67. The molecule has 18 heavy (non-hydrogen) atoms. The Labute approximate surface area is 121 Å². The molecule has 1 heterocycles. The summed E-state index contributed by atoms with van der Waals surface area (Å²) >= 11 is 9.26. The summed E-state index contributed by atoms with van der Waals surface area (Å²) in [5.74, 6) is 0.0288. The Morgan fingerprint density at radius 2 is 2.39 bits per heavy atom. The minimum absolute atomic E-state index is 0.0288. The van der Waals surface area contributed by atoms with Crippen LogP contribution in [0.15, 0.2) is 22.7 Å². The van der Waals surface area contributed by atoms with E-state index in [1.807, 2.05) is 7.05 Å². The Kier molecular flexibility index (Phi) is 4.65. The van der Waals surface area contributed by atoms with Crippen molar-refractivity contribution in [2.24, 2.45) is 0 Å². The third-order valence-corrected chi connectivity index (χ3v) is 4.38. The molecule has 1 atom stereocenters. The molecule has 0 aliphatic carbocycles. The van der Waals surface area contributed by atoms with Crippen LogP contribution in [-0.2, 0) is 0 Å². The van der Waals surface area contributed by atoms with Crippen LogP contribution in [0, 0.1) is 0 Å². The van der Waals surface area contributed by atoms with Gasteiger partial charge in [0.25, 0.3) is 5.91 Å². The van der Waals surface area contributed by atoms with Crippen LogP contribution in [0.3, 0.4) is 0 Å². The number of carbonyl (C=O) groups is 1. The standard InChI is InChI=1S/C13H16BrClN2O/c1-17(8-10-3-2-6-16-10)13(18)9-4-5-12(15)11(14)7-9/h4-5,7,10,16H,2-3,6,8H2,1H3. The van der Waals surface area contributed by atoms with Gasteiger partial charge in [-0.2, -0.15) is 0 Å². The zero-order valence-corrected chi connectivity index (χ0v) is 12.6. The molecular weight excluding hydrogens is 316 g/mol. The van der Waals surface area contributed by atoms with E-state index in [-0.39, 0.29) is 5.91 Å². The van der Waals surface area contributed by atoms with E-state index in [4.69, 9.17) is 11.6 Å². The van der Waals surface area contributed by atoms with Gasteiger partial charge in [-0.1, -0.05) is 11.6 Å². The van der Waals surface area contributed by atoms with Crippen molar-refractivity contribution in [2.75, 3.05) is 20.1 Å². The van der Waals surface area contributed by atoms with Crippen molar-refractivity contribution in [3.63, 3.8) is 0 Å². The summed E-state index contributed by atoms with van der Waals surface area (Å²) in [5.41, 5.74) is 0.659. The number of halogens is 2. The van der Waals surface area contributed by atoms with Crippen molar-refractivity contribution >= 4 is 33.4 Å². The highest BCUT2D eigenvalue weighted by atomic mass is 79.9. The van der Waals surface area contributed by atoms with Gasteiger partial charge in [-0.05, 0) is 53.5 Å². The number of carbonyl (C=O) groups excluding carboxylic acids is 1. The number of rotatable bonds is 3. The largest absolute Gasteiger partial charge is 0.340 e. The molecule has 0 bridgehead atoms. The van der Waals surface area contributed by atoms with Gasteiger partial charge in [0.2, 0.25) is 0 Å². The predicted octanol–water partition coefficient (Wildman–Crippen LogP) is 2.93. The van der Waals surface area contributed by atoms with Gasteiger partial charge in [0.05, 0.1) is 5.02 Å². The van der Waals surface area contributed by atoms with Crippen LogP contribution < -0.4 is 5.32 Å². The minimum Gasteiger partial charge on any atom is -0.340 e. The zero-order chi connectivity index (χ0) is 13.1.